The van der Waals surface area contributed by atoms with Crippen LogP contribution in [-0.4, -0.2) is 28.5 Å². The summed E-state index contributed by atoms with van der Waals surface area (Å²) >= 11 is 5.96. The number of nitrogens with one attached hydrogen (secondary N) is 2. The Labute approximate surface area is 112 Å². The van der Waals surface area contributed by atoms with Gasteiger partial charge >= 0.3 is 0 Å². The molecular formula is C8H7N5O2S3. The van der Waals surface area contributed by atoms with Crippen molar-refractivity contribution in [3.05, 3.63) is 30.2 Å². The van der Waals surface area contributed by atoms with Crippen LogP contribution in [0.4, 0.5) is 5.95 Å². The van der Waals surface area contributed by atoms with Gasteiger partial charge in [0, 0.05) is 0 Å². The van der Waals surface area contributed by atoms with E-state index in [0.717, 1.165) is 11.3 Å². The van der Waals surface area contributed by atoms with Gasteiger partial charge in [0.05, 0.1) is 0 Å². The molecule has 2 heterocycles. The fraction of sp³-hybridized carbons (Fsp3) is 0. The number of sulfonamides is 1. The summed E-state index contributed by atoms with van der Waals surface area (Å²) in [6.07, 6.45) is 2.54. The lowest BCUT2D eigenvalue weighted by Gasteiger charge is -2.08. The third kappa shape index (κ3) is 3.18. The van der Waals surface area contributed by atoms with Crippen molar-refractivity contribution in [3.8, 4) is 0 Å². The van der Waals surface area contributed by atoms with Crippen molar-refractivity contribution in [2.45, 2.75) is 4.21 Å². The highest BCUT2D eigenvalue weighted by Gasteiger charge is 2.16. The number of thiophene rings is 1. The average molecular weight is 301 g/mol. The minimum atomic E-state index is -3.64. The summed E-state index contributed by atoms with van der Waals surface area (Å²) in [6, 6.07) is 3.13. The Morgan fingerprint density at radius 2 is 2.06 bits per heavy atom. The molecule has 18 heavy (non-hydrogen) atoms. The molecule has 0 amide bonds. The summed E-state index contributed by atoms with van der Waals surface area (Å²) in [5.74, 6) is 0.170. The van der Waals surface area contributed by atoms with Crippen molar-refractivity contribution in [2.75, 3.05) is 5.32 Å². The number of rotatable bonds is 3. The minimum absolute atomic E-state index is 0.102. The Hall–Kier alpha value is -1.65. The fourth-order valence-corrected chi connectivity index (χ4v) is 3.34. The van der Waals surface area contributed by atoms with E-state index in [2.05, 4.69) is 25.0 Å². The summed E-state index contributed by atoms with van der Waals surface area (Å²) in [4.78, 5) is 11.1. The molecule has 0 fully saturated rings. The molecular weight excluding hydrogens is 294 g/mol. The maximum atomic E-state index is 11.8. The fourth-order valence-electron chi connectivity index (χ4n) is 1.02. The lowest BCUT2D eigenvalue weighted by Crippen LogP contribution is -2.34. The van der Waals surface area contributed by atoms with Crippen LogP contribution in [0.1, 0.15) is 0 Å². The normalized spacial score (nSPS) is 10.9. The number of anilines is 1. The quantitative estimate of drug-likeness (QED) is 0.802. The van der Waals surface area contributed by atoms with Gasteiger partial charge in [-0.25, -0.2) is 23.4 Å². The van der Waals surface area contributed by atoms with Crippen LogP contribution in [-0.2, 0) is 10.0 Å². The monoisotopic (exact) mass is 301 g/mol. The Morgan fingerprint density at radius 1 is 1.33 bits per heavy atom. The Balaban J connectivity index is 2.05. The van der Waals surface area contributed by atoms with E-state index in [1.807, 2.05) is 0 Å². The second-order valence-electron chi connectivity index (χ2n) is 2.95. The first-order valence-corrected chi connectivity index (χ1v) is 7.34. The maximum absolute atomic E-state index is 11.8. The van der Waals surface area contributed by atoms with Gasteiger partial charge in [0.1, 0.15) is 16.9 Å². The van der Waals surface area contributed by atoms with Crippen molar-refractivity contribution in [3.63, 3.8) is 0 Å². The molecule has 0 atom stereocenters. The first kappa shape index (κ1) is 12.8. The zero-order valence-electron chi connectivity index (χ0n) is 8.77. The van der Waals surface area contributed by atoms with Crippen LogP contribution in [0.2, 0.25) is 0 Å². The Bertz CT molecular complexity index is 626. The van der Waals surface area contributed by atoms with Crippen molar-refractivity contribution in [1.82, 2.24) is 19.7 Å². The van der Waals surface area contributed by atoms with Gasteiger partial charge in [-0.3, -0.25) is 4.72 Å². The van der Waals surface area contributed by atoms with Crippen molar-refractivity contribution in [2.24, 2.45) is 0 Å². The molecule has 0 saturated carbocycles. The van der Waals surface area contributed by atoms with Crippen molar-refractivity contribution >= 4 is 44.6 Å². The topological polar surface area (TPSA) is 96.9 Å². The number of hydrogen-bond acceptors (Lipinski definition) is 7. The van der Waals surface area contributed by atoms with E-state index in [0.29, 0.717) is 0 Å². The molecule has 2 aromatic heterocycles. The van der Waals surface area contributed by atoms with E-state index < -0.39 is 10.0 Å². The molecule has 2 aromatic rings. The number of aromatic nitrogens is 3. The highest BCUT2D eigenvalue weighted by molar-refractivity contribution is 7.93. The van der Waals surface area contributed by atoms with Crippen LogP contribution in [0.5, 0.6) is 0 Å². The smallest absolute Gasteiger partial charge is 0.273 e. The van der Waals surface area contributed by atoms with Crippen LogP contribution in [0.25, 0.3) is 0 Å². The van der Waals surface area contributed by atoms with Gasteiger partial charge in [0.15, 0.2) is 5.11 Å². The summed E-state index contributed by atoms with van der Waals surface area (Å²) in [7, 11) is -3.64. The molecule has 0 radical (unpaired) electrons. The molecule has 0 saturated heterocycles. The van der Waals surface area contributed by atoms with Gasteiger partial charge in [0.2, 0.25) is 5.95 Å². The van der Waals surface area contributed by atoms with Crippen LogP contribution in [0, 0.1) is 0 Å². The zero-order chi connectivity index (χ0) is 13.0. The van der Waals surface area contributed by atoms with Gasteiger partial charge in [-0.15, -0.1) is 11.3 Å². The molecule has 0 aliphatic carbocycles. The predicted molar refractivity (Wildman–Crippen MR) is 70.7 cm³/mol. The summed E-state index contributed by atoms with van der Waals surface area (Å²) in [6.45, 7) is 0. The number of nitrogens with zero attached hydrogens (tertiary/aromatic N) is 3. The van der Waals surface area contributed by atoms with E-state index in [4.69, 9.17) is 12.2 Å². The first-order chi connectivity index (χ1) is 8.58. The average Bonchev–Trinajstić information content (AvgIpc) is 2.83. The molecule has 10 heteroatoms. The third-order valence-corrected chi connectivity index (χ3v) is 4.79. The van der Waals surface area contributed by atoms with E-state index in [9.17, 15) is 8.42 Å². The molecule has 7 nitrogen and oxygen atoms in total. The number of hydrogen-bond donors (Lipinski definition) is 2. The SMILES string of the molecule is O=S(=O)(NC(=S)Nc1ncncn1)c1cccs1. The van der Waals surface area contributed by atoms with Crippen LogP contribution in [0.3, 0.4) is 0 Å². The van der Waals surface area contributed by atoms with E-state index in [1.165, 1.54) is 18.7 Å². The van der Waals surface area contributed by atoms with Crippen molar-refractivity contribution in [1.29, 1.82) is 0 Å². The number of thiocarbonyl (C=S) groups is 1. The summed E-state index contributed by atoms with van der Waals surface area (Å²) < 4.78 is 26.0. The largest absolute Gasteiger partial charge is 0.300 e. The van der Waals surface area contributed by atoms with Crippen LogP contribution >= 0.6 is 23.6 Å². The third-order valence-electron chi connectivity index (χ3n) is 1.71. The van der Waals surface area contributed by atoms with Crippen LogP contribution in [0.15, 0.2) is 34.4 Å². The summed E-state index contributed by atoms with van der Waals surface area (Å²) in [5, 5.41) is 4.11. The molecule has 0 bridgehead atoms. The molecule has 0 aliphatic rings. The Morgan fingerprint density at radius 3 is 2.67 bits per heavy atom. The molecule has 94 valence electrons. The molecule has 0 unspecified atom stereocenters. The molecule has 0 spiro atoms. The zero-order valence-corrected chi connectivity index (χ0v) is 11.2. The molecule has 2 rings (SSSR count). The lowest BCUT2D eigenvalue weighted by atomic mass is 10.7. The molecule has 0 aliphatic heterocycles. The predicted octanol–water partition coefficient (Wildman–Crippen LogP) is 0.608. The maximum Gasteiger partial charge on any atom is 0.273 e. The highest BCUT2D eigenvalue weighted by Crippen LogP contribution is 2.15. The van der Waals surface area contributed by atoms with Crippen LogP contribution < -0.4 is 10.0 Å². The van der Waals surface area contributed by atoms with Crippen molar-refractivity contribution < 1.29 is 8.42 Å². The minimum Gasteiger partial charge on any atom is -0.300 e. The molecule has 0 aromatic carbocycles. The second-order valence-corrected chi connectivity index (χ2v) is 6.22. The standard InChI is InChI=1S/C8H7N5O2S3/c14-18(15,6-2-1-3-17-6)13-8(16)12-7-10-4-9-5-11-7/h1-5H,(H2,9,10,11,12,13,16). The summed E-state index contributed by atoms with van der Waals surface area (Å²) in [5.41, 5.74) is 0. The first-order valence-electron chi connectivity index (χ1n) is 4.57. The second kappa shape index (κ2) is 5.33. The van der Waals surface area contributed by atoms with Gasteiger partial charge in [-0.1, -0.05) is 6.07 Å². The Kier molecular flexibility index (Phi) is 3.79. The van der Waals surface area contributed by atoms with Gasteiger partial charge in [-0.2, -0.15) is 0 Å². The molecule has 2 N–H and O–H groups in total. The highest BCUT2D eigenvalue weighted by atomic mass is 32.2. The lowest BCUT2D eigenvalue weighted by molar-refractivity contribution is 0.595. The van der Waals surface area contributed by atoms with E-state index in [-0.39, 0.29) is 15.3 Å². The van der Waals surface area contributed by atoms with Gasteiger partial charge < -0.3 is 5.32 Å². The van der Waals surface area contributed by atoms with Gasteiger partial charge in [0.25, 0.3) is 10.0 Å². The van der Waals surface area contributed by atoms with Gasteiger partial charge in [-0.05, 0) is 23.7 Å². The van der Waals surface area contributed by atoms with E-state index in [1.54, 1.807) is 11.4 Å². The van der Waals surface area contributed by atoms with E-state index >= 15 is 0 Å².